The van der Waals surface area contributed by atoms with Crippen LogP contribution in [-0.2, 0) is 6.42 Å². The van der Waals surface area contributed by atoms with Crippen LogP contribution in [0, 0.1) is 6.92 Å². The van der Waals surface area contributed by atoms with Crippen LogP contribution in [0.4, 0.5) is 0 Å². The highest BCUT2D eigenvalue weighted by atomic mass is 35.5. The molecule has 4 heteroatoms. The van der Waals surface area contributed by atoms with E-state index in [9.17, 15) is 0 Å². The number of hydrogen-bond donors (Lipinski definition) is 1. The minimum Gasteiger partial charge on any atom is -0.345 e. The molecule has 0 saturated carbocycles. The molecule has 1 aromatic heterocycles. The first kappa shape index (κ1) is 16.2. The first-order valence-electron chi connectivity index (χ1n) is 8.09. The third-order valence-electron chi connectivity index (χ3n) is 4.31. The topological polar surface area (TPSA) is 28.7 Å². The molecule has 0 spiro atoms. The van der Waals surface area contributed by atoms with Crippen molar-refractivity contribution in [1.82, 2.24) is 9.97 Å². The monoisotopic (exact) mass is 366 g/mol. The van der Waals surface area contributed by atoms with Gasteiger partial charge in [-0.25, -0.2) is 4.98 Å². The van der Waals surface area contributed by atoms with E-state index in [0.29, 0.717) is 10.0 Å². The molecule has 0 bridgehead atoms. The Bertz CT molecular complexity index is 1070. The van der Waals surface area contributed by atoms with E-state index in [1.165, 1.54) is 16.3 Å². The lowest BCUT2D eigenvalue weighted by Crippen LogP contribution is -1.91. The SMILES string of the molecule is Cc1[nH]c(Cc2ccc3ccccc3c2)nc1-c1ccc(Cl)c(Cl)c1. The average Bonchev–Trinajstić information content (AvgIpc) is 2.97. The lowest BCUT2D eigenvalue weighted by atomic mass is 10.1. The molecule has 1 N–H and O–H groups in total. The number of aryl methyl sites for hydroxylation is 1. The molecule has 0 unspecified atom stereocenters. The second kappa shape index (κ2) is 6.55. The van der Waals surface area contributed by atoms with E-state index < -0.39 is 0 Å². The van der Waals surface area contributed by atoms with Crippen LogP contribution in [-0.4, -0.2) is 9.97 Å². The molecule has 1 heterocycles. The molecule has 0 amide bonds. The number of aromatic nitrogens is 2. The summed E-state index contributed by atoms with van der Waals surface area (Å²) >= 11 is 12.1. The van der Waals surface area contributed by atoms with Gasteiger partial charge in [0.05, 0.1) is 15.7 Å². The fraction of sp³-hybridized carbons (Fsp3) is 0.0952. The van der Waals surface area contributed by atoms with Crippen molar-refractivity contribution >= 4 is 34.0 Å². The van der Waals surface area contributed by atoms with Crippen LogP contribution in [0.2, 0.25) is 10.0 Å². The summed E-state index contributed by atoms with van der Waals surface area (Å²) in [6, 6.07) is 20.5. The molecular weight excluding hydrogens is 351 g/mol. The van der Waals surface area contributed by atoms with Crippen LogP contribution in [0.1, 0.15) is 17.1 Å². The highest BCUT2D eigenvalue weighted by molar-refractivity contribution is 6.42. The van der Waals surface area contributed by atoms with E-state index in [2.05, 4.69) is 47.4 Å². The highest BCUT2D eigenvalue weighted by Crippen LogP contribution is 2.29. The van der Waals surface area contributed by atoms with Gasteiger partial charge >= 0.3 is 0 Å². The van der Waals surface area contributed by atoms with Crippen molar-refractivity contribution in [3.8, 4) is 11.3 Å². The summed E-state index contributed by atoms with van der Waals surface area (Å²) in [7, 11) is 0. The number of rotatable bonds is 3. The van der Waals surface area contributed by atoms with Gasteiger partial charge in [-0.3, -0.25) is 0 Å². The second-order valence-corrected chi connectivity index (χ2v) is 6.96. The normalized spacial score (nSPS) is 11.2. The molecule has 0 aliphatic rings. The van der Waals surface area contributed by atoms with E-state index in [4.69, 9.17) is 28.2 Å². The minimum atomic E-state index is 0.539. The van der Waals surface area contributed by atoms with E-state index in [0.717, 1.165) is 29.2 Å². The van der Waals surface area contributed by atoms with Gasteiger partial charge in [0.25, 0.3) is 0 Å². The molecule has 0 fully saturated rings. The first-order valence-corrected chi connectivity index (χ1v) is 8.84. The zero-order chi connectivity index (χ0) is 17.4. The number of aromatic amines is 1. The molecule has 4 rings (SSSR count). The molecule has 0 saturated heterocycles. The van der Waals surface area contributed by atoms with Crippen molar-refractivity contribution in [1.29, 1.82) is 0 Å². The van der Waals surface area contributed by atoms with Gasteiger partial charge in [0.2, 0.25) is 0 Å². The number of nitrogens with zero attached hydrogens (tertiary/aromatic N) is 1. The maximum absolute atomic E-state index is 6.14. The Kier molecular flexibility index (Phi) is 4.24. The van der Waals surface area contributed by atoms with Gasteiger partial charge < -0.3 is 4.98 Å². The quantitative estimate of drug-likeness (QED) is 0.444. The Hall–Kier alpha value is -2.29. The third-order valence-corrected chi connectivity index (χ3v) is 5.05. The fourth-order valence-electron chi connectivity index (χ4n) is 3.07. The number of nitrogens with one attached hydrogen (secondary N) is 1. The average molecular weight is 367 g/mol. The van der Waals surface area contributed by atoms with E-state index in [1.807, 2.05) is 19.1 Å². The van der Waals surface area contributed by atoms with Crippen LogP contribution in [0.5, 0.6) is 0 Å². The molecular formula is C21H16Cl2N2. The van der Waals surface area contributed by atoms with Crippen LogP contribution >= 0.6 is 23.2 Å². The maximum Gasteiger partial charge on any atom is 0.111 e. The number of benzene rings is 3. The van der Waals surface area contributed by atoms with Crippen LogP contribution in [0.25, 0.3) is 22.0 Å². The van der Waals surface area contributed by atoms with Gasteiger partial charge in [-0.1, -0.05) is 71.7 Å². The Morgan fingerprint density at radius 1 is 0.880 bits per heavy atom. The van der Waals surface area contributed by atoms with Gasteiger partial charge in [0, 0.05) is 17.7 Å². The number of H-pyrrole nitrogens is 1. The van der Waals surface area contributed by atoms with Crippen molar-refractivity contribution in [2.75, 3.05) is 0 Å². The summed E-state index contributed by atoms with van der Waals surface area (Å²) in [4.78, 5) is 8.16. The molecule has 0 aliphatic carbocycles. The fourth-order valence-corrected chi connectivity index (χ4v) is 3.37. The van der Waals surface area contributed by atoms with Gasteiger partial charge in [-0.05, 0) is 35.4 Å². The number of hydrogen-bond acceptors (Lipinski definition) is 1. The van der Waals surface area contributed by atoms with Crippen molar-refractivity contribution in [3.05, 3.63) is 87.8 Å². The smallest absolute Gasteiger partial charge is 0.111 e. The minimum absolute atomic E-state index is 0.539. The summed E-state index contributed by atoms with van der Waals surface area (Å²) in [6.45, 7) is 2.02. The van der Waals surface area contributed by atoms with E-state index in [-0.39, 0.29) is 0 Å². The molecule has 124 valence electrons. The Labute approximate surface area is 156 Å². The predicted molar refractivity (Wildman–Crippen MR) is 106 cm³/mol. The molecule has 4 aromatic rings. The highest BCUT2D eigenvalue weighted by Gasteiger charge is 2.11. The molecule has 2 nitrogen and oxygen atoms in total. The van der Waals surface area contributed by atoms with Gasteiger partial charge in [0.1, 0.15) is 5.82 Å². The van der Waals surface area contributed by atoms with E-state index >= 15 is 0 Å². The molecule has 25 heavy (non-hydrogen) atoms. The number of imidazole rings is 1. The molecule has 3 aromatic carbocycles. The Morgan fingerprint density at radius 2 is 1.68 bits per heavy atom. The predicted octanol–water partition coefficient (Wildman–Crippen LogP) is 6.44. The Balaban J connectivity index is 1.66. The van der Waals surface area contributed by atoms with E-state index in [1.54, 1.807) is 6.07 Å². The van der Waals surface area contributed by atoms with Gasteiger partial charge in [-0.15, -0.1) is 0 Å². The van der Waals surface area contributed by atoms with Crippen molar-refractivity contribution in [2.45, 2.75) is 13.3 Å². The van der Waals surface area contributed by atoms with Crippen molar-refractivity contribution in [3.63, 3.8) is 0 Å². The second-order valence-electron chi connectivity index (χ2n) is 6.14. The number of fused-ring (bicyclic) bond motifs is 1. The summed E-state index contributed by atoms with van der Waals surface area (Å²) in [5.74, 6) is 0.939. The lowest BCUT2D eigenvalue weighted by molar-refractivity contribution is 1.02. The lowest BCUT2D eigenvalue weighted by Gasteiger charge is -2.02. The first-order chi connectivity index (χ1) is 12.1. The van der Waals surface area contributed by atoms with Gasteiger partial charge in [0.15, 0.2) is 0 Å². The van der Waals surface area contributed by atoms with Crippen molar-refractivity contribution < 1.29 is 0 Å². The molecule has 0 radical (unpaired) electrons. The Morgan fingerprint density at radius 3 is 2.48 bits per heavy atom. The summed E-state index contributed by atoms with van der Waals surface area (Å²) < 4.78 is 0. The molecule has 0 atom stereocenters. The van der Waals surface area contributed by atoms with Crippen LogP contribution in [0.15, 0.2) is 60.7 Å². The maximum atomic E-state index is 6.14. The standard InChI is InChI=1S/C21H16Cl2N2/c1-13-21(17-8-9-18(22)19(23)12-17)25-20(24-13)11-14-6-7-15-4-2-3-5-16(15)10-14/h2-10,12H,11H2,1H3,(H,24,25). The van der Waals surface area contributed by atoms with Crippen molar-refractivity contribution in [2.24, 2.45) is 0 Å². The largest absolute Gasteiger partial charge is 0.345 e. The van der Waals surface area contributed by atoms with Gasteiger partial charge in [-0.2, -0.15) is 0 Å². The summed E-state index contributed by atoms with van der Waals surface area (Å²) in [5.41, 5.74) is 4.13. The number of halogens is 2. The summed E-state index contributed by atoms with van der Waals surface area (Å²) in [6.07, 6.45) is 0.757. The molecule has 0 aliphatic heterocycles. The zero-order valence-electron chi connectivity index (χ0n) is 13.7. The van der Waals surface area contributed by atoms with Crippen LogP contribution < -0.4 is 0 Å². The van der Waals surface area contributed by atoms with Crippen LogP contribution in [0.3, 0.4) is 0 Å². The summed E-state index contributed by atoms with van der Waals surface area (Å²) in [5, 5.41) is 3.58. The zero-order valence-corrected chi connectivity index (χ0v) is 15.2. The third kappa shape index (κ3) is 3.28.